The number of nitrogens with zero attached hydrogens (tertiary/aromatic N) is 5. The van der Waals surface area contributed by atoms with Crippen molar-refractivity contribution in [1.82, 2.24) is 19.5 Å². The maximum absolute atomic E-state index is 13.2. The predicted molar refractivity (Wildman–Crippen MR) is 147 cm³/mol. The second-order valence-electron chi connectivity index (χ2n) is 10.7. The molecule has 0 radical (unpaired) electrons. The minimum absolute atomic E-state index is 0.0223. The molecule has 0 amide bonds. The van der Waals surface area contributed by atoms with E-state index in [1.165, 1.54) is 12.1 Å². The number of alkyl halides is 3. The number of benzene rings is 2. The van der Waals surface area contributed by atoms with Gasteiger partial charge in [0.25, 0.3) is 0 Å². The molecular weight excluding hydrogens is 537 g/mol. The molecule has 0 saturated heterocycles. The fourth-order valence-electron chi connectivity index (χ4n) is 5.36. The van der Waals surface area contributed by atoms with Gasteiger partial charge in [-0.2, -0.15) is 13.2 Å². The molecule has 0 spiro atoms. The van der Waals surface area contributed by atoms with E-state index in [-0.39, 0.29) is 24.1 Å². The summed E-state index contributed by atoms with van der Waals surface area (Å²) in [5.41, 5.74) is 2.14. The van der Waals surface area contributed by atoms with E-state index in [0.29, 0.717) is 46.6 Å². The first-order chi connectivity index (χ1) is 19.6. The predicted octanol–water partition coefficient (Wildman–Crippen LogP) is 5.69. The van der Waals surface area contributed by atoms with Crippen molar-refractivity contribution in [3.63, 3.8) is 0 Å². The number of carboxylic acids is 1. The van der Waals surface area contributed by atoms with Crippen LogP contribution in [0.5, 0.6) is 5.75 Å². The zero-order valence-corrected chi connectivity index (χ0v) is 22.6. The van der Waals surface area contributed by atoms with Crippen LogP contribution in [-0.2, 0) is 12.7 Å². The van der Waals surface area contributed by atoms with Crippen LogP contribution >= 0.6 is 0 Å². The normalized spacial score (nSPS) is 16.2. The highest BCUT2D eigenvalue weighted by atomic mass is 19.4. The summed E-state index contributed by atoms with van der Waals surface area (Å²) in [5, 5.41) is 13.1. The van der Waals surface area contributed by atoms with Crippen LogP contribution in [0.25, 0.3) is 22.6 Å². The van der Waals surface area contributed by atoms with Crippen molar-refractivity contribution in [3.05, 3.63) is 59.4 Å². The van der Waals surface area contributed by atoms with Crippen molar-refractivity contribution in [3.8, 4) is 17.1 Å². The first-order valence-corrected chi connectivity index (χ1v) is 13.5. The molecule has 41 heavy (non-hydrogen) atoms. The number of nitrogens with one attached hydrogen (secondary N) is 1. The van der Waals surface area contributed by atoms with Gasteiger partial charge in [0.2, 0.25) is 5.82 Å². The van der Waals surface area contributed by atoms with Crippen molar-refractivity contribution in [2.45, 2.75) is 44.9 Å². The lowest BCUT2D eigenvalue weighted by atomic mass is 9.80. The summed E-state index contributed by atoms with van der Waals surface area (Å²) in [5.74, 6) is 0.229. The number of ether oxygens (including phenoxy) is 1. The highest BCUT2D eigenvalue weighted by molar-refractivity contribution is 5.92. The summed E-state index contributed by atoms with van der Waals surface area (Å²) >= 11 is 0. The van der Waals surface area contributed by atoms with Crippen molar-refractivity contribution >= 4 is 28.6 Å². The summed E-state index contributed by atoms with van der Waals surface area (Å²) in [7, 11) is 1.98. The fourth-order valence-corrected chi connectivity index (χ4v) is 5.36. The molecule has 1 aliphatic carbocycles. The van der Waals surface area contributed by atoms with Crippen LogP contribution < -0.4 is 15.0 Å². The van der Waals surface area contributed by atoms with Crippen LogP contribution in [0.2, 0.25) is 0 Å². The van der Waals surface area contributed by atoms with Gasteiger partial charge >= 0.3 is 12.1 Å². The Kier molecular flexibility index (Phi) is 6.71. The maximum Gasteiger partial charge on any atom is 0.416 e. The molecule has 1 aliphatic heterocycles. The summed E-state index contributed by atoms with van der Waals surface area (Å²) in [6.07, 6.45) is -1.18. The van der Waals surface area contributed by atoms with Gasteiger partial charge in [0, 0.05) is 25.2 Å². The second kappa shape index (κ2) is 10.2. The lowest BCUT2D eigenvalue weighted by Gasteiger charge is -2.32. The molecule has 1 fully saturated rings. The number of imidazole rings is 1. The van der Waals surface area contributed by atoms with Crippen molar-refractivity contribution in [1.29, 1.82) is 0 Å². The molecule has 2 aromatic carbocycles. The van der Waals surface area contributed by atoms with Gasteiger partial charge < -0.3 is 24.6 Å². The lowest BCUT2D eigenvalue weighted by Crippen LogP contribution is -2.31. The quantitative estimate of drug-likeness (QED) is 0.294. The van der Waals surface area contributed by atoms with Crippen molar-refractivity contribution < 1.29 is 27.8 Å². The second-order valence-corrected chi connectivity index (χ2v) is 10.7. The van der Waals surface area contributed by atoms with Gasteiger partial charge in [0.15, 0.2) is 11.5 Å². The Morgan fingerprint density at radius 2 is 1.90 bits per heavy atom. The number of rotatable bonds is 7. The zero-order chi connectivity index (χ0) is 28.9. The summed E-state index contributed by atoms with van der Waals surface area (Å²) in [4.78, 5) is 27.4. The van der Waals surface area contributed by atoms with Crippen LogP contribution in [-0.4, -0.2) is 56.8 Å². The Balaban J connectivity index is 1.52. The third-order valence-corrected chi connectivity index (χ3v) is 7.95. The van der Waals surface area contributed by atoms with Gasteiger partial charge in [-0.25, -0.2) is 19.7 Å². The monoisotopic (exact) mass is 566 g/mol. The molecule has 1 saturated carbocycles. The van der Waals surface area contributed by atoms with Gasteiger partial charge in [-0.3, -0.25) is 0 Å². The summed E-state index contributed by atoms with van der Waals surface area (Å²) in [6.45, 7) is 3.47. The largest absolute Gasteiger partial charge is 0.490 e. The van der Waals surface area contributed by atoms with E-state index in [9.17, 15) is 23.1 Å². The number of hydrogen-bond donors (Lipinski definition) is 2. The number of fused-ring (bicyclic) bond motifs is 2. The highest BCUT2D eigenvalue weighted by Crippen LogP contribution is 2.38. The highest BCUT2D eigenvalue weighted by Gasteiger charge is 2.31. The molecule has 0 unspecified atom stereocenters. The number of likely N-dealkylation sites (N-methyl/N-ethyl adjacent to an activating group) is 1. The molecule has 6 rings (SSSR count). The number of aromatic carboxylic acids is 1. The van der Waals surface area contributed by atoms with E-state index in [0.717, 1.165) is 43.6 Å². The zero-order valence-electron chi connectivity index (χ0n) is 22.6. The fraction of sp³-hybridized carbons (Fsp3) is 0.379. The lowest BCUT2D eigenvalue weighted by molar-refractivity contribution is -0.137. The standard InChI is InChI=1S/C29H29F3N6O3/c1-16(18-4-3-5-18)33-24-23-25(35-26(34-24)28(39)40)36-27(19-8-11-21-22(14-19)41-13-12-37(21)2)38(23)15-17-6-9-20(10-7-17)29(30,31)32/h6-11,14,16,18H,3-5,12-13,15H2,1-2H3,(H,39,40)(H,33,34,35)/t16-/m1/s1. The third-order valence-electron chi connectivity index (χ3n) is 7.95. The number of halogens is 3. The van der Waals surface area contributed by atoms with E-state index < -0.39 is 17.7 Å². The number of carbonyl (C=O) groups is 1. The topological polar surface area (TPSA) is 105 Å². The number of aromatic nitrogens is 4. The van der Waals surface area contributed by atoms with Crippen LogP contribution in [0.1, 0.15) is 47.9 Å². The minimum atomic E-state index is -4.45. The molecular formula is C29H29F3N6O3. The Morgan fingerprint density at radius 3 is 2.56 bits per heavy atom. The maximum atomic E-state index is 13.2. The van der Waals surface area contributed by atoms with Crippen LogP contribution in [0.3, 0.4) is 0 Å². The molecule has 2 aliphatic rings. The molecule has 0 bridgehead atoms. The van der Waals surface area contributed by atoms with E-state index >= 15 is 0 Å². The molecule has 12 heteroatoms. The number of carboxylic acid groups (broad SMARTS) is 1. The van der Waals surface area contributed by atoms with Gasteiger partial charge in [0.1, 0.15) is 23.7 Å². The molecule has 3 heterocycles. The molecule has 2 aromatic heterocycles. The van der Waals surface area contributed by atoms with Crippen LogP contribution in [0.15, 0.2) is 42.5 Å². The van der Waals surface area contributed by atoms with Crippen LogP contribution in [0, 0.1) is 5.92 Å². The molecule has 4 aromatic rings. The Bertz CT molecular complexity index is 1620. The van der Waals surface area contributed by atoms with Gasteiger partial charge in [-0.1, -0.05) is 18.6 Å². The van der Waals surface area contributed by atoms with Gasteiger partial charge in [0.05, 0.1) is 17.8 Å². The molecule has 1 atom stereocenters. The molecule has 2 N–H and O–H groups in total. The van der Waals surface area contributed by atoms with E-state index in [2.05, 4.69) is 20.2 Å². The average Bonchev–Trinajstić information content (AvgIpc) is 3.25. The van der Waals surface area contributed by atoms with E-state index in [4.69, 9.17) is 9.72 Å². The van der Waals surface area contributed by atoms with E-state index in [1.54, 1.807) is 0 Å². The molecule has 214 valence electrons. The SMILES string of the molecule is C[C@@H](Nc1nc(C(=O)O)nc2nc(-c3ccc4c(c3)OCCN4C)n(Cc3ccc(C(F)(F)F)cc3)c12)C1CCC1. The Morgan fingerprint density at radius 1 is 1.15 bits per heavy atom. The smallest absolute Gasteiger partial charge is 0.416 e. The summed E-state index contributed by atoms with van der Waals surface area (Å²) in [6, 6.07) is 10.7. The van der Waals surface area contributed by atoms with Crippen molar-refractivity contribution in [2.75, 3.05) is 30.4 Å². The molecule has 9 nitrogen and oxygen atoms in total. The van der Waals surface area contributed by atoms with Crippen molar-refractivity contribution in [2.24, 2.45) is 5.92 Å². The summed E-state index contributed by atoms with van der Waals surface area (Å²) < 4.78 is 47.4. The minimum Gasteiger partial charge on any atom is -0.490 e. The van der Waals surface area contributed by atoms with E-state index in [1.807, 2.05) is 36.7 Å². The third kappa shape index (κ3) is 5.14. The Labute approximate surface area is 234 Å². The first-order valence-electron chi connectivity index (χ1n) is 13.5. The first kappa shape index (κ1) is 26.9. The van der Waals surface area contributed by atoms with Gasteiger partial charge in [-0.05, 0) is 61.6 Å². The Hall–Kier alpha value is -4.35. The number of hydrogen-bond acceptors (Lipinski definition) is 7. The number of anilines is 2. The van der Waals surface area contributed by atoms with Crippen LogP contribution in [0.4, 0.5) is 24.7 Å². The van der Waals surface area contributed by atoms with Gasteiger partial charge in [-0.15, -0.1) is 0 Å². The average molecular weight is 567 g/mol.